The van der Waals surface area contributed by atoms with Crippen LogP contribution in [0.25, 0.3) is 0 Å². The highest BCUT2D eigenvalue weighted by Gasteiger charge is 1.97. The van der Waals surface area contributed by atoms with Crippen molar-refractivity contribution < 1.29 is 0 Å². The van der Waals surface area contributed by atoms with Gasteiger partial charge in [-0.25, -0.2) is 0 Å². The van der Waals surface area contributed by atoms with Crippen molar-refractivity contribution in [1.82, 2.24) is 0 Å². The Hall–Kier alpha value is -2.15. The van der Waals surface area contributed by atoms with Gasteiger partial charge in [0.05, 0.1) is 5.71 Å². The van der Waals surface area contributed by atoms with Crippen LogP contribution in [0, 0.1) is 0 Å². The molecular weight excluding hydrogens is 194 g/mol. The Morgan fingerprint density at radius 1 is 0.812 bits per heavy atom. The van der Waals surface area contributed by atoms with Gasteiger partial charge in [-0.3, -0.25) is 4.99 Å². The Bertz CT molecular complexity index is 338. The van der Waals surface area contributed by atoms with E-state index >= 15 is 0 Å². The lowest BCUT2D eigenvalue weighted by atomic mass is 10.1. The molecule has 0 aliphatic rings. The first kappa shape index (κ1) is 13.8. The molecule has 0 aromatic carbocycles. The van der Waals surface area contributed by atoms with Gasteiger partial charge in [0.25, 0.3) is 0 Å². The third-order valence-electron chi connectivity index (χ3n) is 1.63. The van der Waals surface area contributed by atoms with Crippen molar-refractivity contribution in [3.8, 4) is 0 Å². The Balaban J connectivity index is 5.25. The van der Waals surface area contributed by atoms with E-state index in [1.807, 2.05) is 30.4 Å². The van der Waals surface area contributed by atoms with Crippen LogP contribution in [0.2, 0.25) is 0 Å². The van der Waals surface area contributed by atoms with Crippen LogP contribution in [-0.4, -0.2) is 5.71 Å². The minimum Gasteiger partial charge on any atom is -0.257 e. The molecule has 0 rings (SSSR count). The summed E-state index contributed by atoms with van der Waals surface area (Å²) in [6.07, 6.45) is 15.9. The van der Waals surface area contributed by atoms with E-state index in [4.69, 9.17) is 0 Å². The smallest absolute Gasteiger partial charge is 0.0701 e. The molecule has 0 aromatic heterocycles. The summed E-state index contributed by atoms with van der Waals surface area (Å²) >= 11 is 0. The van der Waals surface area contributed by atoms with Gasteiger partial charge < -0.3 is 0 Å². The van der Waals surface area contributed by atoms with E-state index in [1.165, 1.54) is 6.20 Å². The zero-order chi connectivity index (χ0) is 12.2. The molecule has 0 heterocycles. The number of rotatable bonds is 7. The summed E-state index contributed by atoms with van der Waals surface area (Å²) in [6.45, 7) is 14.5. The van der Waals surface area contributed by atoms with Gasteiger partial charge in [-0.15, -0.1) is 0 Å². The fourth-order valence-electron chi connectivity index (χ4n) is 0.996. The van der Waals surface area contributed by atoms with Crippen LogP contribution in [-0.2, 0) is 0 Å². The normalized spacial score (nSPS) is 13.0. The lowest BCUT2D eigenvalue weighted by Crippen LogP contribution is -1.95. The second-order valence-electron chi connectivity index (χ2n) is 2.74. The number of hydrogen-bond donors (Lipinski definition) is 0. The zero-order valence-electron chi connectivity index (χ0n) is 9.47. The second kappa shape index (κ2) is 9.41. The molecule has 16 heavy (non-hydrogen) atoms. The second-order valence-corrected chi connectivity index (χ2v) is 2.74. The first-order valence-electron chi connectivity index (χ1n) is 4.90. The third kappa shape index (κ3) is 5.55. The molecule has 82 valence electrons. The predicted molar refractivity (Wildman–Crippen MR) is 74.6 cm³/mol. The van der Waals surface area contributed by atoms with Gasteiger partial charge in [-0.2, -0.15) is 0 Å². The first-order valence-corrected chi connectivity index (χ1v) is 4.90. The average Bonchev–Trinajstić information content (AvgIpc) is 2.30. The molecule has 0 radical (unpaired) electrons. The minimum atomic E-state index is 0.799. The molecule has 1 nitrogen and oxygen atoms in total. The van der Waals surface area contributed by atoms with Crippen LogP contribution in [0.3, 0.4) is 0 Å². The van der Waals surface area contributed by atoms with Crippen molar-refractivity contribution in [2.24, 2.45) is 4.99 Å². The van der Waals surface area contributed by atoms with Crippen molar-refractivity contribution in [3.63, 3.8) is 0 Å². The van der Waals surface area contributed by atoms with Crippen molar-refractivity contribution in [2.75, 3.05) is 0 Å². The largest absolute Gasteiger partial charge is 0.257 e. The van der Waals surface area contributed by atoms with Gasteiger partial charge in [-0.1, -0.05) is 68.8 Å². The zero-order valence-corrected chi connectivity index (χ0v) is 9.47. The number of hydrogen-bond acceptors (Lipinski definition) is 1. The standard InChI is InChI=1S/C15H17N/c1-5-9-12-14(11-7-3)15(16-8-4)13-10-6-2/h5-13H,1-4H2/b12-9-,13-10-,14-11+,16-15?. The van der Waals surface area contributed by atoms with E-state index in [2.05, 4.69) is 31.3 Å². The topological polar surface area (TPSA) is 12.4 Å². The fraction of sp³-hybridized carbons (Fsp3) is 0. The predicted octanol–water partition coefficient (Wildman–Crippen LogP) is 4.17. The summed E-state index contributed by atoms with van der Waals surface area (Å²) < 4.78 is 0. The Labute approximate surface area is 97.9 Å². The molecular formula is C15H17N. The lowest BCUT2D eigenvalue weighted by Gasteiger charge is -2.00. The van der Waals surface area contributed by atoms with E-state index in [9.17, 15) is 0 Å². The van der Waals surface area contributed by atoms with Crippen molar-refractivity contribution in [1.29, 1.82) is 0 Å². The first-order chi connectivity index (χ1) is 7.79. The SMILES string of the molecule is C=C/C=C\C(=NC=C)C(/C=C\C=C)=C/C=C. The van der Waals surface area contributed by atoms with Gasteiger partial charge in [0.1, 0.15) is 0 Å². The van der Waals surface area contributed by atoms with Gasteiger partial charge >= 0.3 is 0 Å². The summed E-state index contributed by atoms with van der Waals surface area (Å²) in [4.78, 5) is 4.18. The fourth-order valence-corrected chi connectivity index (χ4v) is 0.996. The molecule has 1 heteroatoms. The Morgan fingerprint density at radius 3 is 1.94 bits per heavy atom. The molecule has 0 saturated carbocycles. The average molecular weight is 211 g/mol. The van der Waals surface area contributed by atoms with E-state index in [0.717, 1.165) is 11.3 Å². The highest BCUT2D eigenvalue weighted by molar-refractivity contribution is 6.10. The molecule has 0 spiro atoms. The van der Waals surface area contributed by atoms with Crippen LogP contribution in [0.1, 0.15) is 0 Å². The maximum atomic E-state index is 4.18. The number of aliphatic imine (C=N–C) groups is 1. The van der Waals surface area contributed by atoms with Gasteiger partial charge in [0.2, 0.25) is 0 Å². The molecule has 0 fully saturated rings. The summed E-state index contributed by atoms with van der Waals surface area (Å²) in [5.74, 6) is 0. The summed E-state index contributed by atoms with van der Waals surface area (Å²) in [6, 6.07) is 0. The van der Waals surface area contributed by atoms with E-state index < -0.39 is 0 Å². The van der Waals surface area contributed by atoms with E-state index in [0.29, 0.717) is 0 Å². The van der Waals surface area contributed by atoms with Crippen LogP contribution in [0.15, 0.2) is 91.7 Å². The maximum absolute atomic E-state index is 4.18. The highest BCUT2D eigenvalue weighted by atomic mass is 14.7. The highest BCUT2D eigenvalue weighted by Crippen LogP contribution is 2.04. The molecule has 0 N–H and O–H groups in total. The number of nitrogens with zero attached hydrogens (tertiary/aromatic N) is 1. The third-order valence-corrected chi connectivity index (χ3v) is 1.63. The molecule has 0 aliphatic heterocycles. The van der Waals surface area contributed by atoms with Crippen LogP contribution in [0.4, 0.5) is 0 Å². The molecule has 0 saturated heterocycles. The lowest BCUT2D eigenvalue weighted by molar-refractivity contribution is 1.56. The quantitative estimate of drug-likeness (QED) is 0.443. The molecule has 0 amide bonds. The molecule has 0 unspecified atom stereocenters. The minimum absolute atomic E-state index is 0.799. The van der Waals surface area contributed by atoms with Gasteiger partial charge in [0, 0.05) is 11.8 Å². The Kier molecular flexibility index (Phi) is 8.14. The van der Waals surface area contributed by atoms with Crippen LogP contribution >= 0.6 is 0 Å². The maximum Gasteiger partial charge on any atom is 0.0701 e. The van der Waals surface area contributed by atoms with Gasteiger partial charge in [0.15, 0.2) is 0 Å². The molecule has 0 aliphatic carbocycles. The summed E-state index contributed by atoms with van der Waals surface area (Å²) in [5.41, 5.74) is 1.74. The van der Waals surface area contributed by atoms with Crippen molar-refractivity contribution in [3.05, 3.63) is 86.7 Å². The van der Waals surface area contributed by atoms with Crippen LogP contribution < -0.4 is 0 Å². The summed E-state index contributed by atoms with van der Waals surface area (Å²) in [5, 5.41) is 0. The van der Waals surface area contributed by atoms with Crippen molar-refractivity contribution in [2.45, 2.75) is 0 Å². The molecule has 0 aromatic rings. The van der Waals surface area contributed by atoms with E-state index in [1.54, 1.807) is 18.2 Å². The monoisotopic (exact) mass is 211 g/mol. The number of allylic oxidation sites excluding steroid dienone is 9. The molecule has 0 atom stereocenters. The van der Waals surface area contributed by atoms with Crippen LogP contribution in [0.5, 0.6) is 0 Å². The van der Waals surface area contributed by atoms with Crippen molar-refractivity contribution >= 4 is 5.71 Å². The summed E-state index contributed by atoms with van der Waals surface area (Å²) in [7, 11) is 0. The Morgan fingerprint density at radius 2 is 1.44 bits per heavy atom. The molecule has 0 bridgehead atoms. The van der Waals surface area contributed by atoms with Gasteiger partial charge in [-0.05, 0) is 6.08 Å². The van der Waals surface area contributed by atoms with E-state index in [-0.39, 0.29) is 0 Å².